The second-order valence-electron chi connectivity index (χ2n) is 7.19. The zero-order valence-corrected chi connectivity index (χ0v) is 19.6. The normalized spacial score (nSPS) is 10.7. The van der Waals surface area contributed by atoms with Gasteiger partial charge in [0.2, 0.25) is 5.95 Å². The maximum absolute atomic E-state index is 9.96. The quantitative estimate of drug-likeness (QED) is 0.516. The predicted octanol–water partition coefficient (Wildman–Crippen LogP) is 4.65. The first kappa shape index (κ1) is 25.3. The highest BCUT2D eigenvalue weighted by Crippen LogP contribution is 2.24. The largest absolute Gasteiger partial charge is 0.389 e. The van der Waals surface area contributed by atoms with Crippen LogP contribution in [0.1, 0.15) is 67.0 Å². The summed E-state index contributed by atoms with van der Waals surface area (Å²) in [5.74, 6) is 1.10. The second kappa shape index (κ2) is 12.1. The highest BCUT2D eigenvalue weighted by atomic mass is 16.3. The van der Waals surface area contributed by atoms with Crippen molar-refractivity contribution >= 4 is 22.9 Å². The molecule has 0 radical (unpaired) electrons. The van der Waals surface area contributed by atoms with Gasteiger partial charge < -0.3 is 20.3 Å². The molecule has 30 heavy (non-hydrogen) atoms. The van der Waals surface area contributed by atoms with Crippen molar-refractivity contribution in [3.8, 4) is 0 Å². The fourth-order valence-corrected chi connectivity index (χ4v) is 2.48. The zero-order valence-electron chi connectivity index (χ0n) is 19.6. The number of hydrogen-bond donors (Lipinski definition) is 3. The number of fused-ring (bicyclic) bond motifs is 1. The molecule has 3 aromatic rings. The zero-order chi connectivity index (χ0) is 22.7. The maximum atomic E-state index is 9.96. The Morgan fingerprint density at radius 1 is 1.10 bits per heavy atom. The lowest BCUT2D eigenvalue weighted by Gasteiger charge is -2.18. The van der Waals surface area contributed by atoms with Gasteiger partial charge in [0.25, 0.3) is 0 Å². The summed E-state index contributed by atoms with van der Waals surface area (Å²) in [6.07, 6.45) is 5.33. The highest BCUT2D eigenvalue weighted by Gasteiger charge is 2.17. The van der Waals surface area contributed by atoms with E-state index in [1.54, 1.807) is 26.4 Å². The predicted molar refractivity (Wildman–Crippen MR) is 125 cm³/mol. The van der Waals surface area contributed by atoms with Gasteiger partial charge in [-0.1, -0.05) is 33.8 Å². The molecule has 0 saturated carbocycles. The maximum Gasteiger partial charge on any atom is 0.226 e. The van der Waals surface area contributed by atoms with Gasteiger partial charge in [0.1, 0.15) is 0 Å². The monoisotopic (exact) mass is 415 g/mol. The number of imidazole rings is 1. The Hall–Kier alpha value is -2.74. The third-order valence-electron chi connectivity index (χ3n) is 3.84. The van der Waals surface area contributed by atoms with Crippen LogP contribution >= 0.6 is 0 Å². The number of nitrogens with one attached hydrogen (secondary N) is 2. The number of aromatic nitrogens is 5. The van der Waals surface area contributed by atoms with E-state index in [0.29, 0.717) is 24.9 Å². The van der Waals surface area contributed by atoms with Gasteiger partial charge in [0, 0.05) is 31.5 Å². The molecule has 3 rings (SSSR count). The summed E-state index contributed by atoms with van der Waals surface area (Å²) in [4.78, 5) is 17.8. The second-order valence-corrected chi connectivity index (χ2v) is 7.19. The number of rotatable bonds is 7. The summed E-state index contributed by atoms with van der Waals surface area (Å²) in [5.41, 5.74) is 1.66. The van der Waals surface area contributed by atoms with Crippen LogP contribution in [-0.2, 0) is 6.54 Å². The molecule has 8 nitrogen and oxygen atoms in total. The molecule has 0 amide bonds. The van der Waals surface area contributed by atoms with Crippen LogP contribution in [0.2, 0.25) is 0 Å². The van der Waals surface area contributed by atoms with Crippen LogP contribution in [0.3, 0.4) is 0 Å². The average Bonchev–Trinajstić information content (AvgIpc) is 3.18. The SMILES string of the molecule is CC.CC.CC(C)n1cnc2c(NCc3cccnc3)nc(NCC(C)(C)O)nc21. The standard InChI is InChI=1S/C18H25N7O.2C2H6/c1-12(2)25-11-22-14-15(20-9-13-6-5-7-19-8-13)23-17(24-16(14)25)21-10-18(3,4)26;2*1-2/h5-8,11-12,26H,9-10H2,1-4H3,(H2,20,21,23,24);2*1-2H3. The number of nitrogens with zero attached hydrogens (tertiary/aromatic N) is 5. The number of hydrogen-bond acceptors (Lipinski definition) is 7. The Bertz CT molecular complexity index is 870. The van der Waals surface area contributed by atoms with Crippen LogP contribution in [0.5, 0.6) is 0 Å². The summed E-state index contributed by atoms with van der Waals surface area (Å²) in [7, 11) is 0. The van der Waals surface area contributed by atoms with E-state index >= 15 is 0 Å². The van der Waals surface area contributed by atoms with Crippen molar-refractivity contribution in [1.82, 2.24) is 24.5 Å². The average molecular weight is 416 g/mol. The first-order valence-corrected chi connectivity index (χ1v) is 10.7. The molecule has 0 aliphatic rings. The summed E-state index contributed by atoms with van der Waals surface area (Å²) in [5, 5.41) is 16.4. The lowest BCUT2D eigenvalue weighted by molar-refractivity contribution is 0.0943. The minimum Gasteiger partial charge on any atom is -0.389 e. The van der Waals surface area contributed by atoms with E-state index in [4.69, 9.17) is 0 Å². The smallest absolute Gasteiger partial charge is 0.226 e. The van der Waals surface area contributed by atoms with E-state index < -0.39 is 5.60 Å². The van der Waals surface area contributed by atoms with Gasteiger partial charge >= 0.3 is 0 Å². The molecular formula is C22H37N7O. The van der Waals surface area contributed by atoms with E-state index in [2.05, 4.69) is 44.4 Å². The first-order valence-electron chi connectivity index (χ1n) is 10.7. The van der Waals surface area contributed by atoms with E-state index in [0.717, 1.165) is 16.7 Å². The summed E-state index contributed by atoms with van der Waals surface area (Å²) >= 11 is 0. The molecule has 166 valence electrons. The Labute approximate surface area is 180 Å². The molecule has 0 bridgehead atoms. The van der Waals surface area contributed by atoms with Crippen molar-refractivity contribution in [2.75, 3.05) is 17.2 Å². The van der Waals surface area contributed by atoms with E-state index in [9.17, 15) is 5.11 Å². The van der Waals surface area contributed by atoms with Crippen molar-refractivity contribution in [3.05, 3.63) is 36.4 Å². The Kier molecular flexibility index (Phi) is 10.2. The molecule has 3 N–H and O–H groups in total. The Morgan fingerprint density at radius 3 is 2.37 bits per heavy atom. The van der Waals surface area contributed by atoms with Gasteiger partial charge in [0.15, 0.2) is 17.0 Å². The molecule has 0 saturated heterocycles. The number of aliphatic hydroxyl groups is 1. The van der Waals surface area contributed by atoms with Crippen molar-refractivity contribution < 1.29 is 5.11 Å². The molecular weight excluding hydrogens is 378 g/mol. The van der Waals surface area contributed by atoms with Crippen molar-refractivity contribution in [1.29, 1.82) is 0 Å². The number of anilines is 2. The lowest BCUT2D eigenvalue weighted by atomic mass is 10.1. The van der Waals surface area contributed by atoms with Gasteiger partial charge in [-0.15, -0.1) is 0 Å². The van der Waals surface area contributed by atoms with Gasteiger partial charge in [-0.25, -0.2) is 4.98 Å². The first-order chi connectivity index (χ1) is 14.3. The molecule has 0 fully saturated rings. The fourth-order valence-electron chi connectivity index (χ4n) is 2.48. The van der Waals surface area contributed by atoms with Gasteiger partial charge in [0.05, 0.1) is 11.9 Å². The molecule has 0 aromatic carbocycles. The van der Waals surface area contributed by atoms with Crippen LogP contribution in [0.4, 0.5) is 11.8 Å². The highest BCUT2D eigenvalue weighted by molar-refractivity contribution is 5.84. The Morgan fingerprint density at radius 2 is 1.80 bits per heavy atom. The van der Waals surface area contributed by atoms with E-state index in [-0.39, 0.29) is 6.04 Å². The van der Waals surface area contributed by atoms with Gasteiger partial charge in [-0.2, -0.15) is 9.97 Å². The summed E-state index contributed by atoms with van der Waals surface area (Å²) < 4.78 is 2.00. The Balaban J connectivity index is 0.00000106. The molecule has 0 aliphatic carbocycles. The molecule has 8 heteroatoms. The summed E-state index contributed by atoms with van der Waals surface area (Å²) in [6, 6.07) is 4.12. The van der Waals surface area contributed by atoms with Crippen molar-refractivity contribution in [2.45, 2.75) is 73.6 Å². The van der Waals surface area contributed by atoms with Crippen molar-refractivity contribution in [2.24, 2.45) is 0 Å². The van der Waals surface area contributed by atoms with Crippen molar-refractivity contribution in [3.63, 3.8) is 0 Å². The third kappa shape index (κ3) is 7.26. The molecule has 0 aliphatic heterocycles. The molecule has 3 aromatic heterocycles. The third-order valence-corrected chi connectivity index (χ3v) is 3.84. The summed E-state index contributed by atoms with van der Waals surface area (Å²) in [6.45, 7) is 16.6. The molecule has 0 unspecified atom stereocenters. The van der Waals surface area contributed by atoms with Crippen LogP contribution in [0.25, 0.3) is 11.2 Å². The fraction of sp³-hybridized carbons (Fsp3) is 0.545. The molecule has 0 atom stereocenters. The van der Waals surface area contributed by atoms with E-state index in [1.165, 1.54) is 0 Å². The van der Waals surface area contributed by atoms with Crippen LogP contribution in [0.15, 0.2) is 30.9 Å². The lowest BCUT2D eigenvalue weighted by Crippen LogP contribution is -2.30. The van der Waals surface area contributed by atoms with Gasteiger partial charge in [-0.05, 0) is 39.3 Å². The molecule has 3 heterocycles. The van der Waals surface area contributed by atoms with Crippen LogP contribution < -0.4 is 10.6 Å². The van der Waals surface area contributed by atoms with E-state index in [1.807, 2.05) is 50.6 Å². The minimum absolute atomic E-state index is 0.225. The van der Waals surface area contributed by atoms with Gasteiger partial charge in [-0.3, -0.25) is 4.98 Å². The van der Waals surface area contributed by atoms with Crippen LogP contribution in [-0.4, -0.2) is 41.8 Å². The van der Waals surface area contributed by atoms with Crippen LogP contribution in [0, 0.1) is 0 Å². The molecule has 0 spiro atoms. The minimum atomic E-state index is -0.861. The number of pyridine rings is 1. The topological polar surface area (TPSA) is 101 Å².